The molecule has 0 spiro atoms. The van der Waals surface area contributed by atoms with E-state index in [1.807, 2.05) is 35.5 Å². The van der Waals surface area contributed by atoms with Gasteiger partial charge in [-0.05, 0) is 37.8 Å². The van der Waals surface area contributed by atoms with Gasteiger partial charge < -0.3 is 4.98 Å². The van der Waals surface area contributed by atoms with Gasteiger partial charge in [-0.15, -0.1) is 11.8 Å². The van der Waals surface area contributed by atoms with E-state index in [0.29, 0.717) is 0 Å². The minimum Gasteiger partial charge on any atom is -0.310 e. The van der Waals surface area contributed by atoms with Crippen molar-refractivity contribution in [3.05, 3.63) is 56.4 Å². The van der Waals surface area contributed by atoms with E-state index in [9.17, 15) is 18.0 Å². The summed E-state index contributed by atoms with van der Waals surface area (Å²) in [6, 6.07) is 6.90. The molecule has 1 aromatic heterocycles. The molecule has 0 amide bonds. The summed E-state index contributed by atoms with van der Waals surface area (Å²) >= 11 is 1.59. The minimum absolute atomic E-state index is 0.00354. The molecule has 0 aliphatic heterocycles. The smallest absolute Gasteiger partial charge is 0.310 e. The molecule has 0 saturated heterocycles. The van der Waals surface area contributed by atoms with Crippen LogP contribution in [0.5, 0.6) is 0 Å². The molecule has 2 aromatic rings. The number of sulfonamides is 1. The van der Waals surface area contributed by atoms with E-state index in [1.165, 1.54) is 6.92 Å². The topological polar surface area (TPSA) is 112 Å². The highest BCUT2D eigenvalue weighted by Crippen LogP contribution is 2.20. The zero-order valence-electron chi connectivity index (χ0n) is 12.8. The van der Waals surface area contributed by atoms with Crippen LogP contribution in [-0.4, -0.2) is 24.6 Å². The predicted molar refractivity (Wildman–Crippen MR) is 89.4 cm³/mol. The molecule has 0 saturated carbocycles. The van der Waals surface area contributed by atoms with Crippen LogP contribution in [-0.2, 0) is 10.0 Å². The van der Waals surface area contributed by atoms with Gasteiger partial charge in [0, 0.05) is 16.6 Å². The van der Waals surface area contributed by atoms with Gasteiger partial charge in [0.25, 0.3) is 5.56 Å². The molecule has 23 heavy (non-hydrogen) atoms. The van der Waals surface area contributed by atoms with Crippen LogP contribution >= 0.6 is 11.8 Å². The molecular weight excluding hydrogens is 338 g/mol. The summed E-state index contributed by atoms with van der Waals surface area (Å²) in [4.78, 5) is 27.8. The van der Waals surface area contributed by atoms with Crippen molar-refractivity contribution >= 4 is 21.8 Å². The van der Waals surface area contributed by atoms with Gasteiger partial charge in [-0.1, -0.05) is 12.1 Å². The van der Waals surface area contributed by atoms with Crippen molar-refractivity contribution in [2.45, 2.75) is 29.7 Å². The van der Waals surface area contributed by atoms with Crippen molar-refractivity contribution < 1.29 is 8.42 Å². The van der Waals surface area contributed by atoms with E-state index in [0.717, 1.165) is 10.5 Å². The number of hydrogen-bond acceptors (Lipinski definition) is 5. The maximum absolute atomic E-state index is 12.4. The Morgan fingerprint density at radius 2 is 1.74 bits per heavy atom. The third kappa shape index (κ3) is 3.92. The summed E-state index contributed by atoms with van der Waals surface area (Å²) in [6.07, 6.45) is 1.95. The fourth-order valence-corrected chi connectivity index (χ4v) is 4.04. The highest BCUT2D eigenvalue weighted by molar-refractivity contribution is 7.98. The van der Waals surface area contributed by atoms with Gasteiger partial charge >= 0.3 is 5.69 Å². The Hall–Kier alpha value is -1.84. The first-order chi connectivity index (χ1) is 10.7. The third-order valence-corrected chi connectivity index (χ3v) is 5.73. The minimum atomic E-state index is -4.07. The molecule has 2 rings (SSSR count). The van der Waals surface area contributed by atoms with Crippen LogP contribution in [0.3, 0.4) is 0 Å². The van der Waals surface area contributed by atoms with Crippen LogP contribution in [0.2, 0.25) is 0 Å². The van der Waals surface area contributed by atoms with Gasteiger partial charge in [-0.25, -0.2) is 17.9 Å². The lowest BCUT2D eigenvalue weighted by atomic mass is 10.1. The molecule has 1 heterocycles. The summed E-state index contributed by atoms with van der Waals surface area (Å²) in [5.74, 6) is 0. The maximum Gasteiger partial charge on any atom is 0.325 e. The second kappa shape index (κ2) is 6.73. The van der Waals surface area contributed by atoms with Crippen LogP contribution in [0, 0.1) is 6.92 Å². The number of rotatable bonds is 5. The first kappa shape index (κ1) is 17.5. The number of hydrogen-bond donors (Lipinski definition) is 3. The third-order valence-electron chi connectivity index (χ3n) is 3.29. The Labute approximate surface area is 137 Å². The van der Waals surface area contributed by atoms with Gasteiger partial charge in [0.05, 0.1) is 0 Å². The van der Waals surface area contributed by atoms with Gasteiger partial charge in [-0.2, -0.15) is 0 Å². The zero-order valence-corrected chi connectivity index (χ0v) is 14.5. The van der Waals surface area contributed by atoms with Crippen molar-refractivity contribution in [1.82, 2.24) is 14.7 Å². The lowest BCUT2D eigenvalue weighted by molar-refractivity contribution is 0.563. The molecule has 0 bridgehead atoms. The average Bonchev–Trinajstić information content (AvgIpc) is 2.45. The van der Waals surface area contributed by atoms with E-state index in [2.05, 4.69) is 9.71 Å². The molecule has 7 nitrogen and oxygen atoms in total. The standard InChI is InChI=1S/C14H17N3O4S2/c1-8(10-4-6-11(22-3)7-5-10)17-23(20,21)12-9(2)15-14(19)16-13(12)18/h4-8,17H,1-3H3,(H2,15,16,18,19)/t8-/m1/s1. The van der Waals surface area contributed by atoms with Crippen molar-refractivity contribution in [2.75, 3.05) is 6.26 Å². The van der Waals surface area contributed by atoms with Crippen LogP contribution in [0.15, 0.2) is 43.6 Å². The number of aryl methyl sites for hydroxylation is 1. The van der Waals surface area contributed by atoms with Crippen molar-refractivity contribution in [2.24, 2.45) is 0 Å². The average molecular weight is 355 g/mol. The summed E-state index contributed by atoms with van der Waals surface area (Å²) in [7, 11) is -4.07. The summed E-state index contributed by atoms with van der Waals surface area (Å²) < 4.78 is 27.3. The Kier molecular flexibility index (Phi) is 5.12. The van der Waals surface area contributed by atoms with Crippen molar-refractivity contribution in [3.63, 3.8) is 0 Å². The Bertz CT molecular complexity index is 914. The van der Waals surface area contributed by atoms with Crippen molar-refractivity contribution in [3.8, 4) is 0 Å². The summed E-state index contributed by atoms with van der Waals surface area (Å²) in [5.41, 5.74) is -0.920. The number of aromatic amines is 2. The number of H-pyrrole nitrogens is 2. The van der Waals surface area contributed by atoms with Gasteiger partial charge in [0.2, 0.25) is 10.0 Å². The van der Waals surface area contributed by atoms with Crippen LogP contribution in [0.4, 0.5) is 0 Å². The quantitative estimate of drug-likeness (QED) is 0.696. The highest BCUT2D eigenvalue weighted by Gasteiger charge is 2.24. The second-order valence-corrected chi connectivity index (χ2v) is 7.51. The van der Waals surface area contributed by atoms with Crippen LogP contribution in [0.1, 0.15) is 24.2 Å². The normalized spacial score (nSPS) is 13.0. The number of benzene rings is 1. The van der Waals surface area contributed by atoms with E-state index >= 15 is 0 Å². The van der Waals surface area contributed by atoms with Crippen LogP contribution in [0.25, 0.3) is 0 Å². The molecule has 0 radical (unpaired) electrons. The Morgan fingerprint density at radius 3 is 2.26 bits per heavy atom. The molecule has 0 unspecified atom stereocenters. The molecular formula is C14H17N3O4S2. The fraction of sp³-hybridized carbons (Fsp3) is 0.286. The molecule has 124 valence electrons. The molecule has 1 atom stereocenters. The van der Waals surface area contributed by atoms with Gasteiger partial charge in [0.15, 0.2) is 4.90 Å². The largest absolute Gasteiger partial charge is 0.325 e. The number of aromatic nitrogens is 2. The lowest BCUT2D eigenvalue weighted by Gasteiger charge is -2.15. The summed E-state index contributed by atoms with van der Waals surface area (Å²) in [6.45, 7) is 3.05. The molecule has 0 aliphatic rings. The highest BCUT2D eigenvalue weighted by atomic mass is 32.2. The zero-order chi connectivity index (χ0) is 17.2. The second-order valence-electron chi connectivity index (χ2n) is 4.98. The van der Waals surface area contributed by atoms with Gasteiger partial charge in [0.1, 0.15) is 0 Å². The van der Waals surface area contributed by atoms with E-state index in [-0.39, 0.29) is 5.69 Å². The lowest BCUT2D eigenvalue weighted by Crippen LogP contribution is -2.35. The molecule has 1 aromatic carbocycles. The molecule has 0 fully saturated rings. The maximum atomic E-state index is 12.4. The number of thioether (sulfide) groups is 1. The van der Waals surface area contributed by atoms with Crippen LogP contribution < -0.4 is 16.0 Å². The fourth-order valence-electron chi connectivity index (χ4n) is 2.16. The predicted octanol–water partition coefficient (Wildman–Crippen LogP) is 1.13. The first-order valence-electron chi connectivity index (χ1n) is 6.74. The molecule has 3 N–H and O–H groups in total. The SMILES string of the molecule is CSc1ccc([C@@H](C)NS(=O)(=O)c2c(C)[nH]c(=O)[nH]c2=O)cc1. The van der Waals surface area contributed by atoms with E-state index in [4.69, 9.17) is 0 Å². The first-order valence-corrected chi connectivity index (χ1v) is 9.45. The monoisotopic (exact) mass is 355 g/mol. The number of nitrogens with one attached hydrogen (secondary N) is 3. The Balaban J connectivity index is 2.34. The Morgan fingerprint density at radius 1 is 1.13 bits per heavy atom. The molecule has 0 aliphatic carbocycles. The van der Waals surface area contributed by atoms with Crippen molar-refractivity contribution in [1.29, 1.82) is 0 Å². The van der Waals surface area contributed by atoms with E-state index < -0.39 is 32.2 Å². The van der Waals surface area contributed by atoms with E-state index in [1.54, 1.807) is 18.7 Å². The summed E-state index contributed by atoms with van der Waals surface area (Å²) in [5, 5.41) is 0. The van der Waals surface area contributed by atoms with Gasteiger partial charge in [-0.3, -0.25) is 9.78 Å². The molecule has 9 heteroatoms.